The minimum absolute atomic E-state index is 0.116. The lowest BCUT2D eigenvalue weighted by atomic mass is 9.88. The summed E-state index contributed by atoms with van der Waals surface area (Å²) in [5.41, 5.74) is 1.67. The van der Waals surface area contributed by atoms with Gasteiger partial charge < -0.3 is 10.4 Å². The first-order valence-electron chi connectivity index (χ1n) is 5.93. The van der Waals surface area contributed by atoms with Crippen molar-refractivity contribution in [2.24, 2.45) is 5.41 Å². The molecule has 3 nitrogen and oxygen atoms in total. The number of nitrogens with zero attached hydrogens (tertiary/aromatic N) is 1. The van der Waals surface area contributed by atoms with Crippen LogP contribution >= 0.6 is 0 Å². The number of rotatable bonds is 6. The fourth-order valence-electron chi connectivity index (χ4n) is 1.72. The second-order valence-corrected chi connectivity index (χ2v) is 5.00. The number of hydrogen-bond donors (Lipinski definition) is 2. The van der Waals surface area contributed by atoms with Crippen molar-refractivity contribution in [1.82, 2.24) is 0 Å². The van der Waals surface area contributed by atoms with Gasteiger partial charge in [-0.1, -0.05) is 26.0 Å². The van der Waals surface area contributed by atoms with E-state index >= 15 is 0 Å². The first kappa shape index (κ1) is 13.5. The molecular weight excluding hydrogens is 212 g/mol. The van der Waals surface area contributed by atoms with Crippen molar-refractivity contribution in [1.29, 1.82) is 5.26 Å². The minimum atomic E-state index is 0.116. The number of aliphatic hydroxyl groups excluding tert-OH is 1. The van der Waals surface area contributed by atoms with Crippen LogP contribution in [-0.2, 0) is 0 Å². The third kappa shape index (κ3) is 4.46. The van der Waals surface area contributed by atoms with Crippen molar-refractivity contribution in [2.45, 2.75) is 26.7 Å². The van der Waals surface area contributed by atoms with Crippen LogP contribution in [0.5, 0.6) is 0 Å². The van der Waals surface area contributed by atoms with Gasteiger partial charge in [0.2, 0.25) is 0 Å². The molecule has 0 atom stereocenters. The Morgan fingerprint density at radius 1 is 1.35 bits per heavy atom. The maximum atomic E-state index is 8.97. The molecule has 92 valence electrons. The Morgan fingerprint density at radius 3 is 2.71 bits per heavy atom. The van der Waals surface area contributed by atoms with Gasteiger partial charge in [0.05, 0.1) is 11.3 Å². The summed E-state index contributed by atoms with van der Waals surface area (Å²) in [4.78, 5) is 0. The lowest BCUT2D eigenvalue weighted by Gasteiger charge is -2.25. The maximum Gasteiger partial charge on any atom is 0.101 e. The van der Waals surface area contributed by atoms with Crippen LogP contribution in [0.2, 0.25) is 0 Å². The normalized spacial score (nSPS) is 10.9. The van der Waals surface area contributed by atoms with Gasteiger partial charge in [0, 0.05) is 13.2 Å². The Bertz CT molecular complexity index is 393. The molecule has 0 heterocycles. The summed E-state index contributed by atoms with van der Waals surface area (Å²) in [5.74, 6) is 0. The van der Waals surface area contributed by atoms with Crippen molar-refractivity contribution >= 4 is 5.69 Å². The Labute approximate surface area is 103 Å². The fraction of sp³-hybridized carbons (Fsp3) is 0.500. The highest BCUT2D eigenvalue weighted by Crippen LogP contribution is 2.23. The van der Waals surface area contributed by atoms with Crippen molar-refractivity contribution in [3.05, 3.63) is 29.8 Å². The molecular formula is C14H20N2O. The van der Waals surface area contributed by atoms with Gasteiger partial charge in [-0.25, -0.2) is 0 Å². The molecule has 0 fully saturated rings. The summed E-state index contributed by atoms with van der Waals surface area (Å²) in [6, 6.07) is 9.68. The molecule has 1 rings (SSSR count). The molecule has 0 aromatic heterocycles. The summed E-state index contributed by atoms with van der Waals surface area (Å²) in [6.45, 7) is 5.35. The molecule has 1 aromatic rings. The SMILES string of the molecule is CC(C)(CCCO)CNc1ccccc1C#N. The van der Waals surface area contributed by atoms with Crippen LogP contribution in [0.15, 0.2) is 24.3 Å². The van der Waals surface area contributed by atoms with Crippen molar-refractivity contribution in [2.75, 3.05) is 18.5 Å². The van der Waals surface area contributed by atoms with E-state index in [-0.39, 0.29) is 12.0 Å². The van der Waals surface area contributed by atoms with Gasteiger partial charge in [0.25, 0.3) is 0 Å². The summed E-state index contributed by atoms with van der Waals surface area (Å²) in [6.07, 6.45) is 1.78. The van der Waals surface area contributed by atoms with E-state index in [9.17, 15) is 0 Å². The van der Waals surface area contributed by atoms with Crippen LogP contribution in [0, 0.1) is 16.7 Å². The molecule has 0 spiro atoms. The first-order chi connectivity index (χ1) is 8.09. The van der Waals surface area contributed by atoms with Gasteiger partial charge in [0.1, 0.15) is 6.07 Å². The molecule has 0 aliphatic carbocycles. The molecule has 0 aliphatic rings. The van der Waals surface area contributed by atoms with E-state index < -0.39 is 0 Å². The number of para-hydroxylation sites is 1. The third-order valence-electron chi connectivity index (χ3n) is 2.82. The largest absolute Gasteiger partial charge is 0.396 e. The quantitative estimate of drug-likeness (QED) is 0.793. The van der Waals surface area contributed by atoms with E-state index in [0.29, 0.717) is 5.56 Å². The van der Waals surface area contributed by atoms with Crippen LogP contribution in [0.3, 0.4) is 0 Å². The molecule has 0 bridgehead atoms. The van der Waals surface area contributed by atoms with Crippen LogP contribution in [0.25, 0.3) is 0 Å². The number of anilines is 1. The summed E-state index contributed by atoms with van der Waals surface area (Å²) >= 11 is 0. The van der Waals surface area contributed by atoms with E-state index in [1.165, 1.54) is 0 Å². The second kappa shape index (κ2) is 6.27. The standard InChI is InChI=1S/C14H20N2O/c1-14(2,8-5-9-17)11-16-13-7-4-3-6-12(13)10-15/h3-4,6-7,16-17H,5,8-9,11H2,1-2H3. The van der Waals surface area contributed by atoms with Gasteiger partial charge in [-0.3, -0.25) is 0 Å². The van der Waals surface area contributed by atoms with Crippen molar-refractivity contribution in [3.8, 4) is 6.07 Å². The van der Waals surface area contributed by atoms with Gasteiger partial charge in [0.15, 0.2) is 0 Å². The zero-order valence-electron chi connectivity index (χ0n) is 10.5. The van der Waals surface area contributed by atoms with Gasteiger partial charge in [-0.05, 0) is 30.4 Å². The molecule has 2 N–H and O–H groups in total. The molecule has 3 heteroatoms. The zero-order chi connectivity index (χ0) is 12.7. The molecule has 0 unspecified atom stereocenters. The lowest BCUT2D eigenvalue weighted by Crippen LogP contribution is -2.23. The Morgan fingerprint density at radius 2 is 2.06 bits per heavy atom. The average molecular weight is 232 g/mol. The van der Waals surface area contributed by atoms with E-state index in [0.717, 1.165) is 25.1 Å². The molecule has 0 aliphatic heterocycles. The summed E-state index contributed by atoms with van der Waals surface area (Å²) in [5, 5.41) is 21.1. The van der Waals surface area contributed by atoms with Gasteiger partial charge in [-0.2, -0.15) is 5.26 Å². The molecule has 0 radical (unpaired) electrons. The van der Waals surface area contributed by atoms with Crippen LogP contribution < -0.4 is 5.32 Å². The average Bonchev–Trinajstić information content (AvgIpc) is 2.34. The maximum absolute atomic E-state index is 8.97. The van der Waals surface area contributed by atoms with E-state index in [1.54, 1.807) is 0 Å². The number of nitrogens with one attached hydrogen (secondary N) is 1. The van der Waals surface area contributed by atoms with Gasteiger partial charge in [-0.15, -0.1) is 0 Å². The molecule has 0 saturated heterocycles. The molecule has 0 saturated carbocycles. The number of nitriles is 1. The topological polar surface area (TPSA) is 56.0 Å². The molecule has 0 amide bonds. The highest BCUT2D eigenvalue weighted by atomic mass is 16.2. The number of hydrogen-bond acceptors (Lipinski definition) is 3. The summed E-state index contributed by atoms with van der Waals surface area (Å²) in [7, 11) is 0. The highest BCUT2D eigenvalue weighted by Gasteiger charge is 2.17. The van der Waals surface area contributed by atoms with Crippen molar-refractivity contribution < 1.29 is 5.11 Å². The van der Waals surface area contributed by atoms with Crippen LogP contribution in [-0.4, -0.2) is 18.3 Å². The minimum Gasteiger partial charge on any atom is -0.396 e. The zero-order valence-corrected chi connectivity index (χ0v) is 10.5. The number of aliphatic hydroxyl groups is 1. The monoisotopic (exact) mass is 232 g/mol. The Hall–Kier alpha value is -1.53. The molecule has 1 aromatic carbocycles. The van der Waals surface area contributed by atoms with Crippen molar-refractivity contribution in [3.63, 3.8) is 0 Å². The Balaban J connectivity index is 2.58. The Kier molecular flexibility index (Phi) is 4.99. The fourth-order valence-corrected chi connectivity index (χ4v) is 1.72. The predicted octanol–water partition coefficient (Wildman–Crippen LogP) is 2.77. The van der Waals surface area contributed by atoms with Gasteiger partial charge >= 0.3 is 0 Å². The molecule has 17 heavy (non-hydrogen) atoms. The third-order valence-corrected chi connectivity index (χ3v) is 2.82. The lowest BCUT2D eigenvalue weighted by molar-refractivity contribution is 0.248. The van der Waals surface area contributed by atoms with Crippen LogP contribution in [0.1, 0.15) is 32.3 Å². The van der Waals surface area contributed by atoms with E-state index in [2.05, 4.69) is 25.2 Å². The smallest absolute Gasteiger partial charge is 0.101 e. The van der Waals surface area contributed by atoms with E-state index in [1.807, 2.05) is 24.3 Å². The highest BCUT2D eigenvalue weighted by molar-refractivity contribution is 5.57. The predicted molar refractivity (Wildman–Crippen MR) is 69.7 cm³/mol. The summed E-state index contributed by atoms with van der Waals surface area (Å²) < 4.78 is 0. The second-order valence-electron chi connectivity index (χ2n) is 5.00. The van der Waals surface area contributed by atoms with E-state index in [4.69, 9.17) is 10.4 Å². The number of benzene rings is 1. The first-order valence-corrected chi connectivity index (χ1v) is 5.93. The van der Waals surface area contributed by atoms with Crippen LogP contribution in [0.4, 0.5) is 5.69 Å².